The van der Waals surface area contributed by atoms with Crippen molar-refractivity contribution in [3.63, 3.8) is 0 Å². The minimum atomic E-state index is -6.09. The number of carboxylic acids is 2. The Balaban J connectivity index is -0.0000000691. The van der Waals surface area contributed by atoms with Crippen LogP contribution in [0.1, 0.15) is 0 Å². The van der Waals surface area contributed by atoms with Crippen molar-refractivity contribution in [2.75, 3.05) is 0 Å². The molecule has 0 fully saturated rings. The van der Waals surface area contributed by atoms with Gasteiger partial charge in [-0.3, -0.25) is 0 Å². The number of alkyl halides is 12. The van der Waals surface area contributed by atoms with Crippen molar-refractivity contribution in [1.29, 1.82) is 0 Å². The van der Waals surface area contributed by atoms with Gasteiger partial charge >= 0.3 is 60.9 Å². The molecule has 201 valence electrons. The van der Waals surface area contributed by atoms with Gasteiger partial charge in [-0.15, -0.1) is 0 Å². The van der Waals surface area contributed by atoms with E-state index in [0.717, 1.165) is 0 Å². The van der Waals surface area contributed by atoms with E-state index in [2.05, 4.69) is 0 Å². The SMILES string of the molecule is O=C([O-])C(F)(F)F.O=C([O-])C(F)(F)F.O=S(=O)([O-])C(F)(F)F.O=S(=O)([O-])C(F)(F)F.[Cu+2].[Pd+2]. The van der Waals surface area contributed by atoms with E-state index in [1.54, 1.807) is 0 Å². The summed E-state index contributed by atoms with van der Waals surface area (Å²) in [5, 5.41) is 17.6. The fraction of sp³-hybridized carbons (Fsp3) is 0.667. The molecule has 0 aliphatic carbocycles. The molecule has 0 N–H and O–H groups in total. The summed E-state index contributed by atoms with van der Waals surface area (Å²) in [6.45, 7) is 0. The van der Waals surface area contributed by atoms with Gasteiger partial charge in [-0.25, -0.2) is 16.8 Å². The topological polar surface area (TPSA) is 195 Å². The van der Waals surface area contributed by atoms with Gasteiger partial charge in [0.2, 0.25) is 0 Å². The van der Waals surface area contributed by atoms with Gasteiger partial charge in [0.05, 0.1) is 0 Å². The Bertz CT molecular complexity index is 700. The summed E-state index contributed by atoms with van der Waals surface area (Å²) >= 11 is 0. The first-order chi connectivity index (χ1) is 12.4. The number of aliphatic carboxylic acids is 2. The Kier molecular flexibility index (Phi) is 21.1. The minimum absolute atomic E-state index is 0. The number of hydrogen-bond acceptors (Lipinski definition) is 10. The van der Waals surface area contributed by atoms with Crippen molar-refractivity contribution in [2.24, 2.45) is 0 Å². The van der Waals surface area contributed by atoms with E-state index in [4.69, 9.17) is 45.7 Å². The molecule has 0 bridgehead atoms. The van der Waals surface area contributed by atoms with Gasteiger partial charge < -0.3 is 28.9 Å². The number of carbonyl (C=O) groups is 2. The van der Waals surface area contributed by atoms with Crippen LogP contribution < -0.4 is 10.2 Å². The van der Waals surface area contributed by atoms with Crippen LogP contribution in [0.25, 0.3) is 0 Å². The van der Waals surface area contributed by atoms with Crippen LogP contribution in [0.2, 0.25) is 0 Å². The Morgan fingerprint density at radius 1 is 0.531 bits per heavy atom. The van der Waals surface area contributed by atoms with Gasteiger partial charge in [0.15, 0.2) is 20.2 Å². The van der Waals surface area contributed by atoms with E-state index in [0.29, 0.717) is 0 Å². The number of carbonyl (C=O) groups excluding carboxylic acids is 2. The third kappa shape index (κ3) is 27.1. The van der Waals surface area contributed by atoms with Crippen LogP contribution >= 0.6 is 0 Å². The van der Waals surface area contributed by atoms with Gasteiger partial charge in [-0.05, 0) is 0 Å². The van der Waals surface area contributed by atoms with Crippen LogP contribution in [0, 0.1) is 0 Å². The van der Waals surface area contributed by atoms with Gasteiger partial charge in [-0.2, -0.15) is 52.7 Å². The molecule has 26 heteroatoms. The summed E-state index contributed by atoms with van der Waals surface area (Å²) in [6.07, 6.45) is -10.4. The first-order valence-electron chi connectivity index (χ1n) is 4.99. The first kappa shape index (κ1) is 44.7. The number of rotatable bonds is 0. The van der Waals surface area contributed by atoms with E-state index in [-0.39, 0.29) is 37.5 Å². The molecule has 0 amide bonds. The molecule has 0 aliphatic heterocycles. The molecular weight excluding hydrogens is 694 g/mol. The van der Waals surface area contributed by atoms with E-state index >= 15 is 0 Å². The quantitative estimate of drug-likeness (QED) is 0.127. The van der Waals surface area contributed by atoms with Crippen LogP contribution in [0.4, 0.5) is 52.7 Å². The van der Waals surface area contributed by atoms with Gasteiger partial charge in [0, 0.05) is 0 Å². The molecule has 10 nitrogen and oxygen atoms in total. The molecule has 0 atom stereocenters. The maximum Gasteiger partial charge on any atom is 2.00 e. The first-order valence-corrected chi connectivity index (χ1v) is 7.81. The van der Waals surface area contributed by atoms with E-state index in [1.165, 1.54) is 0 Å². The van der Waals surface area contributed by atoms with Crippen molar-refractivity contribution in [3.8, 4) is 0 Å². The number of halogens is 12. The second-order valence-corrected chi connectivity index (χ2v) is 6.11. The molecular formula is C6CuF12O10PdS2. The van der Waals surface area contributed by atoms with Crippen molar-refractivity contribution < 1.29 is 136 Å². The molecule has 0 spiro atoms. The van der Waals surface area contributed by atoms with Gasteiger partial charge in [0.25, 0.3) is 0 Å². The zero-order chi connectivity index (χ0) is 26.2. The third-order valence-corrected chi connectivity index (χ3v) is 2.16. The smallest absolute Gasteiger partial charge is 0.741 e. The average Bonchev–Trinajstić information content (AvgIpc) is 2.33. The van der Waals surface area contributed by atoms with E-state index in [1.807, 2.05) is 0 Å². The zero-order valence-corrected chi connectivity index (χ0v) is 17.2. The molecule has 0 saturated heterocycles. The summed E-state index contributed by atoms with van der Waals surface area (Å²) in [6, 6.07) is 0. The van der Waals surface area contributed by atoms with E-state index < -0.39 is 55.5 Å². The molecule has 1 radical (unpaired) electrons. The van der Waals surface area contributed by atoms with Crippen LogP contribution in [0.15, 0.2) is 0 Å². The molecule has 0 aromatic carbocycles. The predicted molar refractivity (Wildman–Crippen MR) is 53.6 cm³/mol. The monoisotopic (exact) mass is 693 g/mol. The molecule has 32 heavy (non-hydrogen) atoms. The van der Waals surface area contributed by atoms with Crippen molar-refractivity contribution >= 4 is 32.2 Å². The van der Waals surface area contributed by atoms with Gasteiger partial charge in [0.1, 0.15) is 11.9 Å². The summed E-state index contributed by atoms with van der Waals surface area (Å²) < 4.78 is 181. The standard InChI is InChI=1S/2C2HF3O2.2CHF3O3S.Cu.Pd/c2*3-2(4,5)1(6)7;2*2-1(3,4)8(5,6)7;;/h2*(H,6,7);2*(H,5,6,7);;/q;;;;2*+2/p-4. The fourth-order valence-electron chi connectivity index (χ4n) is 0. The molecule has 0 aromatic heterocycles. The molecule has 0 saturated carbocycles. The summed E-state index contributed by atoms with van der Waals surface area (Å²) in [4.78, 5) is 17.6. The van der Waals surface area contributed by atoms with E-state index in [9.17, 15) is 52.7 Å². The van der Waals surface area contributed by atoms with Crippen LogP contribution in [-0.2, 0) is 67.3 Å². The Morgan fingerprint density at radius 3 is 0.594 bits per heavy atom. The Labute approximate surface area is 191 Å². The summed E-state index contributed by atoms with van der Waals surface area (Å²) in [5.74, 6) is -6.01. The van der Waals surface area contributed by atoms with Gasteiger partial charge in [-0.1, -0.05) is 0 Å². The molecule has 0 unspecified atom stereocenters. The number of carboxylic acid groups (broad SMARTS) is 2. The molecule has 0 heterocycles. The maximum atomic E-state index is 10.7. The largest absolute Gasteiger partial charge is 2.00 e. The number of hydrogen-bond donors (Lipinski definition) is 0. The molecule has 0 aromatic rings. The van der Waals surface area contributed by atoms with Crippen molar-refractivity contribution in [3.05, 3.63) is 0 Å². The van der Waals surface area contributed by atoms with Crippen LogP contribution in [0.5, 0.6) is 0 Å². The second kappa shape index (κ2) is 15.1. The van der Waals surface area contributed by atoms with Crippen LogP contribution in [-0.4, -0.2) is 61.2 Å². The minimum Gasteiger partial charge on any atom is -0.741 e. The van der Waals surface area contributed by atoms with Crippen molar-refractivity contribution in [1.82, 2.24) is 0 Å². The predicted octanol–water partition coefficient (Wildman–Crippen LogP) is -1.31. The zero-order valence-electron chi connectivity index (χ0n) is 13.1. The average molecular weight is 694 g/mol. The van der Waals surface area contributed by atoms with Crippen LogP contribution in [0.3, 0.4) is 0 Å². The second-order valence-electron chi connectivity index (χ2n) is 3.37. The Hall–Kier alpha value is -0.898. The maximum absolute atomic E-state index is 10.7. The normalized spacial score (nSPS) is 11.9. The molecule has 0 aliphatic rings. The third-order valence-electron chi connectivity index (χ3n) is 1.03. The fourth-order valence-corrected chi connectivity index (χ4v) is 0. The summed E-state index contributed by atoms with van der Waals surface area (Å²) in [7, 11) is -12.2. The van der Waals surface area contributed by atoms with Crippen molar-refractivity contribution in [2.45, 2.75) is 23.4 Å². The Morgan fingerprint density at radius 2 is 0.594 bits per heavy atom. The summed E-state index contributed by atoms with van der Waals surface area (Å²) in [5.41, 5.74) is -11.3. The molecule has 0 rings (SSSR count).